The number of aliphatic hydroxyl groups excluding tert-OH is 1. The van der Waals surface area contributed by atoms with Gasteiger partial charge in [0, 0.05) is 24.0 Å². The normalized spacial score (nSPS) is 14.2. The molecule has 0 amide bonds. The summed E-state index contributed by atoms with van der Waals surface area (Å²) in [6.07, 6.45) is 3.37. The Bertz CT molecular complexity index is 499. The lowest BCUT2D eigenvalue weighted by Gasteiger charge is -2.20. The van der Waals surface area contributed by atoms with Crippen molar-refractivity contribution in [2.45, 2.75) is 25.5 Å². The molecule has 0 radical (unpaired) electrons. The number of hydrogen-bond acceptors (Lipinski definition) is 3. The molecule has 1 heterocycles. The molecule has 2 unspecified atom stereocenters. The zero-order chi connectivity index (χ0) is 13.0. The smallest absolute Gasteiger partial charge is 0.0961 e. The lowest BCUT2D eigenvalue weighted by Crippen LogP contribution is -2.31. The SMILES string of the molecule is Cc1ccncc1C(O)C(N)Cc1ccccc1. The predicted molar refractivity (Wildman–Crippen MR) is 72.1 cm³/mol. The maximum absolute atomic E-state index is 10.3. The van der Waals surface area contributed by atoms with Crippen LogP contribution in [0.5, 0.6) is 0 Å². The van der Waals surface area contributed by atoms with Crippen LogP contribution in [-0.2, 0) is 6.42 Å². The third-order valence-corrected chi connectivity index (χ3v) is 3.12. The average molecular weight is 242 g/mol. The van der Waals surface area contributed by atoms with E-state index in [4.69, 9.17) is 5.73 Å². The van der Waals surface area contributed by atoms with Crippen molar-refractivity contribution in [3.05, 3.63) is 65.5 Å². The van der Waals surface area contributed by atoms with Gasteiger partial charge in [0.1, 0.15) is 0 Å². The van der Waals surface area contributed by atoms with Gasteiger partial charge in [-0.15, -0.1) is 0 Å². The lowest BCUT2D eigenvalue weighted by atomic mass is 9.95. The van der Waals surface area contributed by atoms with Gasteiger partial charge in [-0.05, 0) is 30.5 Å². The van der Waals surface area contributed by atoms with E-state index < -0.39 is 6.10 Å². The molecule has 2 atom stereocenters. The Hall–Kier alpha value is -1.71. The first kappa shape index (κ1) is 12.7. The molecule has 0 bridgehead atoms. The molecule has 94 valence electrons. The molecule has 2 aromatic rings. The van der Waals surface area contributed by atoms with Crippen molar-refractivity contribution in [2.75, 3.05) is 0 Å². The number of aromatic nitrogens is 1. The standard InChI is InChI=1S/C15H18N2O/c1-11-7-8-17-10-13(11)15(18)14(16)9-12-5-3-2-4-6-12/h2-8,10,14-15,18H,9,16H2,1H3. The molecule has 3 nitrogen and oxygen atoms in total. The molecular weight excluding hydrogens is 224 g/mol. The fraction of sp³-hybridized carbons (Fsp3) is 0.267. The summed E-state index contributed by atoms with van der Waals surface area (Å²) in [5, 5.41) is 10.3. The zero-order valence-corrected chi connectivity index (χ0v) is 10.5. The number of rotatable bonds is 4. The molecule has 3 N–H and O–H groups in total. The molecule has 0 aliphatic carbocycles. The molecule has 1 aromatic heterocycles. The van der Waals surface area contributed by atoms with Gasteiger partial charge in [0.15, 0.2) is 0 Å². The van der Waals surface area contributed by atoms with E-state index in [2.05, 4.69) is 4.98 Å². The van der Waals surface area contributed by atoms with E-state index in [0.717, 1.165) is 16.7 Å². The third kappa shape index (κ3) is 2.94. The number of hydrogen-bond donors (Lipinski definition) is 2. The molecular formula is C15H18N2O. The van der Waals surface area contributed by atoms with Crippen LogP contribution in [0.25, 0.3) is 0 Å². The van der Waals surface area contributed by atoms with Crippen molar-refractivity contribution >= 4 is 0 Å². The number of nitrogens with zero attached hydrogens (tertiary/aromatic N) is 1. The molecule has 1 aromatic carbocycles. The van der Waals surface area contributed by atoms with Gasteiger partial charge in [0.2, 0.25) is 0 Å². The van der Waals surface area contributed by atoms with E-state index in [9.17, 15) is 5.11 Å². The summed E-state index contributed by atoms with van der Waals surface area (Å²) in [5.41, 5.74) is 9.02. The number of aryl methyl sites for hydroxylation is 1. The molecule has 0 fully saturated rings. The van der Waals surface area contributed by atoms with Crippen LogP contribution < -0.4 is 5.73 Å². The number of pyridine rings is 1. The quantitative estimate of drug-likeness (QED) is 0.862. The van der Waals surface area contributed by atoms with Crippen molar-refractivity contribution in [3.8, 4) is 0 Å². The largest absolute Gasteiger partial charge is 0.387 e. The fourth-order valence-corrected chi connectivity index (χ4v) is 2.01. The second kappa shape index (κ2) is 5.76. The van der Waals surface area contributed by atoms with E-state index in [0.29, 0.717) is 6.42 Å². The van der Waals surface area contributed by atoms with Gasteiger partial charge in [-0.25, -0.2) is 0 Å². The second-order valence-electron chi connectivity index (χ2n) is 4.53. The molecule has 18 heavy (non-hydrogen) atoms. The van der Waals surface area contributed by atoms with Crippen molar-refractivity contribution in [1.82, 2.24) is 4.98 Å². The van der Waals surface area contributed by atoms with Crippen molar-refractivity contribution in [2.24, 2.45) is 5.73 Å². The minimum atomic E-state index is -0.682. The van der Waals surface area contributed by atoms with E-state index in [-0.39, 0.29) is 6.04 Å². The first-order chi connectivity index (χ1) is 8.68. The summed E-state index contributed by atoms with van der Waals surface area (Å²) in [7, 11) is 0. The minimum Gasteiger partial charge on any atom is -0.387 e. The van der Waals surface area contributed by atoms with Gasteiger partial charge in [-0.2, -0.15) is 0 Å². The van der Waals surface area contributed by atoms with Crippen LogP contribution in [0.15, 0.2) is 48.8 Å². The van der Waals surface area contributed by atoms with E-state index in [1.165, 1.54) is 0 Å². The molecule has 0 saturated heterocycles. The Kier molecular flexibility index (Phi) is 4.07. The highest BCUT2D eigenvalue weighted by molar-refractivity contribution is 5.26. The molecule has 3 heteroatoms. The summed E-state index contributed by atoms with van der Waals surface area (Å²) >= 11 is 0. The number of nitrogens with two attached hydrogens (primary N) is 1. The Morgan fingerprint density at radius 2 is 1.94 bits per heavy atom. The highest BCUT2D eigenvalue weighted by Gasteiger charge is 2.19. The third-order valence-electron chi connectivity index (χ3n) is 3.12. The van der Waals surface area contributed by atoms with Crippen LogP contribution in [-0.4, -0.2) is 16.1 Å². The first-order valence-corrected chi connectivity index (χ1v) is 6.06. The molecule has 0 spiro atoms. The van der Waals surface area contributed by atoms with Gasteiger partial charge in [-0.1, -0.05) is 30.3 Å². The van der Waals surface area contributed by atoms with Crippen molar-refractivity contribution in [1.29, 1.82) is 0 Å². The average Bonchev–Trinajstić information content (AvgIpc) is 2.39. The minimum absolute atomic E-state index is 0.324. The summed E-state index contributed by atoms with van der Waals surface area (Å²) in [4.78, 5) is 4.04. The maximum atomic E-state index is 10.3. The summed E-state index contributed by atoms with van der Waals surface area (Å²) in [6.45, 7) is 1.95. The van der Waals surface area contributed by atoms with E-state index in [1.54, 1.807) is 12.4 Å². The van der Waals surface area contributed by atoms with Crippen molar-refractivity contribution in [3.63, 3.8) is 0 Å². The van der Waals surface area contributed by atoms with Gasteiger partial charge in [0.25, 0.3) is 0 Å². The Morgan fingerprint density at radius 3 is 2.61 bits per heavy atom. The van der Waals surface area contributed by atoms with Gasteiger partial charge in [0.05, 0.1) is 6.10 Å². The van der Waals surface area contributed by atoms with Crippen LogP contribution in [0.1, 0.15) is 22.8 Å². The van der Waals surface area contributed by atoms with E-state index >= 15 is 0 Å². The van der Waals surface area contributed by atoms with Crippen LogP contribution in [0.2, 0.25) is 0 Å². The highest BCUT2D eigenvalue weighted by Crippen LogP contribution is 2.20. The van der Waals surface area contributed by atoms with Gasteiger partial charge >= 0.3 is 0 Å². The van der Waals surface area contributed by atoms with Crippen LogP contribution in [0.3, 0.4) is 0 Å². The zero-order valence-electron chi connectivity index (χ0n) is 10.5. The Morgan fingerprint density at radius 1 is 1.22 bits per heavy atom. The number of benzene rings is 1. The summed E-state index contributed by atoms with van der Waals surface area (Å²) < 4.78 is 0. The van der Waals surface area contributed by atoms with Gasteiger partial charge < -0.3 is 10.8 Å². The number of aliphatic hydroxyl groups is 1. The molecule has 0 saturated carbocycles. The first-order valence-electron chi connectivity index (χ1n) is 6.06. The fourth-order valence-electron chi connectivity index (χ4n) is 2.01. The predicted octanol–water partition coefficient (Wildman–Crippen LogP) is 1.99. The Balaban J connectivity index is 2.10. The topological polar surface area (TPSA) is 59.1 Å². The maximum Gasteiger partial charge on any atom is 0.0961 e. The molecule has 0 aliphatic rings. The van der Waals surface area contributed by atoms with Gasteiger partial charge in [-0.3, -0.25) is 4.98 Å². The molecule has 2 rings (SSSR count). The monoisotopic (exact) mass is 242 g/mol. The molecule has 0 aliphatic heterocycles. The summed E-state index contributed by atoms with van der Waals surface area (Å²) in [5.74, 6) is 0. The van der Waals surface area contributed by atoms with Crippen molar-refractivity contribution < 1.29 is 5.11 Å². The lowest BCUT2D eigenvalue weighted by molar-refractivity contribution is 0.145. The van der Waals surface area contributed by atoms with Crippen LogP contribution in [0.4, 0.5) is 0 Å². The van der Waals surface area contributed by atoms with E-state index in [1.807, 2.05) is 43.3 Å². The summed E-state index contributed by atoms with van der Waals surface area (Å²) in [6, 6.07) is 11.5. The Labute approximate surface area is 107 Å². The van der Waals surface area contributed by atoms with Crippen LogP contribution in [0, 0.1) is 6.92 Å². The highest BCUT2D eigenvalue weighted by atomic mass is 16.3. The second-order valence-corrected chi connectivity index (χ2v) is 4.53. The van der Waals surface area contributed by atoms with Crippen LogP contribution >= 0.6 is 0 Å².